The van der Waals surface area contributed by atoms with Gasteiger partial charge in [-0.2, -0.15) is 0 Å². The Morgan fingerprint density at radius 2 is 1.88 bits per heavy atom. The zero-order valence-corrected chi connectivity index (χ0v) is 16.9. The first kappa shape index (κ1) is 19.8. The molecule has 3 rings (SSSR count). The molecule has 0 fully saturated rings. The first-order valence-electron chi connectivity index (χ1n) is 8.48. The van der Waals surface area contributed by atoms with E-state index in [-0.39, 0.29) is 18.4 Å². The average Bonchev–Trinajstić information content (AvgIpc) is 3.01. The summed E-state index contributed by atoms with van der Waals surface area (Å²) in [5.74, 6) is 0.570. The van der Waals surface area contributed by atoms with Gasteiger partial charge in [-0.1, -0.05) is 43.9 Å². The predicted octanol–water partition coefficient (Wildman–Crippen LogP) is 2.94. The number of rotatable bonds is 6. The second-order valence-corrected chi connectivity index (χ2v) is 13.3. The summed E-state index contributed by atoms with van der Waals surface area (Å²) in [6, 6.07) is 9.16. The van der Waals surface area contributed by atoms with Gasteiger partial charge in [0.05, 0.1) is 6.61 Å². The molecule has 5 nitrogen and oxygen atoms in total. The van der Waals surface area contributed by atoms with Gasteiger partial charge in [-0.25, -0.2) is 0 Å². The molecule has 7 heteroatoms. The molecule has 1 atom stereocenters. The van der Waals surface area contributed by atoms with Crippen LogP contribution in [0.5, 0.6) is 0 Å². The fourth-order valence-electron chi connectivity index (χ4n) is 3.01. The van der Waals surface area contributed by atoms with Crippen molar-refractivity contribution in [2.45, 2.75) is 43.8 Å². The highest BCUT2D eigenvalue weighted by molar-refractivity contribution is 6.76. The summed E-state index contributed by atoms with van der Waals surface area (Å²) in [6.45, 7) is 8.25. The van der Waals surface area contributed by atoms with Gasteiger partial charge in [-0.3, -0.25) is 15.0 Å². The van der Waals surface area contributed by atoms with Crippen LogP contribution < -0.4 is 5.73 Å². The van der Waals surface area contributed by atoms with Crippen molar-refractivity contribution in [1.29, 1.82) is 0 Å². The predicted molar refractivity (Wildman–Crippen MR) is 111 cm³/mol. The van der Waals surface area contributed by atoms with Crippen molar-refractivity contribution in [3.05, 3.63) is 35.4 Å². The zero-order valence-electron chi connectivity index (χ0n) is 15.1. The second-order valence-electron chi connectivity index (χ2n) is 7.69. The molecule has 1 aromatic carbocycles. The van der Waals surface area contributed by atoms with E-state index < -0.39 is 13.7 Å². The second kappa shape index (κ2) is 7.80. The van der Waals surface area contributed by atoms with Crippen molar-refractivity contribution in [3.63, 3.8) is 0 Å². The van der Waals surface area contributed by atoms with E-state index in [9.17, 15) is 0 Å². The van der Waals surface area contributed by atoms with E-state index >= 15 is 0 Å². The van der Waals surface area contributed by atoms with Crippen molar-refractivity contribution < 1.29 is 4.74 Å². The van der Waals surface area contributed by atoms with E-state index in [1.54, 1.807) is 12.4 Å². The molecule has 2 aliphatic heterocycles. The van der Waals surface area contributed by atoms with Gasteiger partial charge >= 0.3 is 0 Å². The lowest BCUT2D eigenvalue weighted by atomic mass is 9.90. The summed E-state index contributed by atoms with van der Waals surface area (Å²) in [6.07, 6.45) is 4.27. The zero-order chi connectivity index (χ0) is 17.2. The van der Waals surface area contributed by atoms with Crippen molar-refractivity contribution in [2.75, 3.05) is 13.2 Å². The first-order valence-corrected chi connectivity index (χ1v) is 12.2. The van der Waals surface area contributed by atoms with E-state index in [1.807, 2.05) is 18.2 Å². The molecule has 0 bridgehead atoms. The molecular formula is C18H27ClN4OSi. The Morgan fingerprint density at radius 1 is 1.20 bits per heavy atom. The van der Waals surface area contributed by atoms with E-state index in [0.717, 1.165) is 24.6 Å². The quantitative estimate of drug-likeness (QED) is 0.610. The Labute approximate surface area is 156 Å². The molecule has 25 heavy (non-hydrogen) atoms. The van der Waals surface area contributed by atoms with Crippen LogP contribution in [-0.4, -0.2) is 51.3 Å². The van der Waals surface area contributed by atoms with Gasteiger partial charge in [0.2, 0.25) is 0 Å². The van der Waals surface area contributed by atoms with Gasteiger partial charge < -0.3 is 10.5 Å². The molecule has 0 saturated carbocycles. The van der Waals surface area contributed by atoms with Gasteiger partial charge in [-0.15, -0.1) is 12.4 Å². The third-order valence-electron chi connectivity index (χ3n) is 4.51. The molecule has 0 amide bonds. The van der Waals surface area contributed by atoms with E-state index in [0.29, 0.717) is 12.4 Å². The molecule has 136 valence electrons. The van der Waals surface area contributed by atoms with Gasteiger partial charge in [0, 0.05) is 32.7 Å². The Kier molecular flexibility index (Phi) is 6.19. The van der Waals surface area contributed by atoms with Crippen LogP contribution in [0.3, 0.4) is 0 Å². The molecule has 2 N–H and O–H groups in total. The van der Waals surface area contributed by atoms with E-state index in [2.05, 4.69) is 35.7 Å². The third-order valence-corrected chi connectivity index (χ3v) is 6.21. The van der Waals surface area contributed by atoms with Crippen LogP contribution >= 0.6 is 12.4 Å². The first-order chi connectivity index (χ1) is 11.4. The van der Waals surface area contributed by atoms with E-state index in [1.165, 1.54) is 5.56 Å². The Balaban J connectivity index is 0.00000225. The lowest BCUT2D eigenvalue weighted by molar-refractivity contribution is 0.0883. The van der Waals surface area contributed by atoms with Crippen LogP contribution in [0.1, 0.15) is 11.1 Å². The van der Waals surface area contributed by atoms with Crippen LogP contribution in [-0.2, 0) is 11.2 Å². The van der Waals surface area contributed by atoms with Crippen LogP contribution in [0.4, 0.5) is 0 Å². The molecule has 0 saturated heterocycles. The summed E-state index contributed by atoms with van der Waals surface area (Å²) >= 11 is 0. The number of amidine groups is 1. The minimum atomic E-state index is -1.11. The summed E-state index contributed by atoms with van der Waals surface area (Å²) in [5.41, 5.74) is 7.74. The van der Waals surface area contributed by atoms with E-state index in [4.69, 9.17) is 15.5 Å². The van der Waals surface area contributed by atoms with Crippen LogP contribution in [0.25, 0.3) is 0 Å². The van der Waals surface area contributed by atoms with Crippen LogP contribution in [0.15, 0.2) is 39.2 Å². The highest BCUT2D eigenvalue weighted by Crippen LogP contribution is 2.31. The van der Waals surface area contributed by atoms with Gasteiger partial charge in [0.15, 0.2) is 5.66 Å². The fraction of sp³-hybridized carbons (Fsp3) is 0.500. The molecule has 1 aromatic rings. The highest BCUT2D eigenvalue weighted by Gasteiger charge is 2.41. The number of hydrogen-bond donors (Lipinski definition) is 1. The summed E-state index contributed by atoms with van der Waals surface area (Å²) in [5, 5.41) is 0. The maximum Gasteiger partial charge on any atom is 0.195 e. The smallest absolute Gasteiger partial charge is 0.195 e. The van der Waals surface area contributed by atoms with Crippen LogP contribution in [0.2, 0.25) is 25.7 Å². The Bertz CT molecular complexity index is 685. The molecule has 1 unspecified atom stereocenters. The molecule has 0 aliphatic carbocycles. The molecule has 2 aliphatic rings. The SMILES string of the molecule is C[Si](C)(C)CCOCC1(C2Cc3ccccc3C(N)=N2)N=CC=N1.Cl. The largest absolute Gasteiger partial charge is 0.383 e. The van der Waals surface area contributed by atoms with Crippen molar-refractivity contribution in [1.82, 2.24) is 0 Å². The highest BCUT2D eigenvalue weighted by atomic mass is 35.5. The molecule has 2 heterocycles. The number of halogens is 1. The lowest BCUT2D eigenvalue weighted by Gasteiger charge is -2.33. The number of fused-ring (bicyclic) bond motifs is 1. The van der Waals surface area contributed by atoms with Crippen molar-refractivity contribution >= 4 is 38.7 Å². The summed E-state index contributed by atoms with van der Waals surface area (Å²) in [7, 11) is -1.11. The van der Waals surface area contributed by atoms with Crippen molar-refractivity contribution in [3.8, 4) is 0 Å². The molecule has 0 spiro atoms. The minimum absolute atomic E-state index is 0. The topological polar surface area (TPSA) is 72.3 Å². The lowest BCUT2D eigenvalue weighted by Crippen LogP contribution is -2.45. The molecule has 0 aromatic heterocycles. The third kappa shape index (κ3) is 4.57. The van der Waals surface area contributed by atoms with Gasteiger partial charge in [-0.05, 0) is 18.0 Å². The Hall–Kier alpha value is -1.50. The number of benzene rings is 1. The monoisotopic (exact) mass is 378 g/mol. The maximum absolute atomic E-state index is 6.19. The number of nitrogens with two attached hydrogens (primary N) is 1. The number of aliphatic imine (C=N–C) groups is 3. The number of nitrogens with zero attached hydrogens (tertiary/aromatic N) is 3. The number of hydrogen-bond acceptors (Lipinski definition) is 5. The Morgan fingerprint density at radius 3 is 2.56 bits per heavy atom. The van der Waals surface area contributed by atoms with Crippen molar-refractivity contribution in [2.24, 2.45) is 20.7 Å². The molecular weight excluding hydrogens is 352 g/mol. The summed E-state index contributed by atoms with van der Waals surface area (Å²) in [4.78, 5) is 13.9. The van der Waals surface area contributed by atoms with Gasteiger partial charge in [0.1, 0.15) is 11.9 Å². The van der Waals surface area contributed by atoms with Crippen LogP contribution in [0, 0.1) is 0 Å². The minimum Gasteiger partial charge on any atom is -0.383 e. The molecule has 0 radical (unpaired) electrons. The number of ether oxygens (including phenoxy) is 1. The average molecular weight is 379 g/mol. The van der Waals surface area contributed by atoms with Gasteiger partial charge in [0.25, 0.3) is 0 Å². The summed E-state index contributed by atoms with van der Waals surface area (Å²) < 4.78 is 5.97. The normalized spacial score (nSPS) is 20.8. The maximum atomic E-state index is 6.19. The fourth-order valence-corrected chi connectivity index (χ4v) is 3.76. The standard InChI is InChI=1S/C18H26N4OSi.ClH/c1-24(2,3)11-10-23-13-18(20-8-9-21-18)16-12-14-6-4-5-7-15(14)17(19)22-16;/h4-9,16H,10-13H2,1-3H3,(H2,19,22);1H.